The summed E-state index contributed by atoms with van der Waals surface area (Å²) in [5.41, 5.74) is 11.6. The van der Waals surface area contributed by atoms with Gasteiger partial charge in [0.05, 0.1) is 28.7 Å². The first-order chi connectivity index (χ1) is 13.7. The van der Waals surface area contributed by atoms with Crippen LogP contribution in [0.4, 0.5) is 14.5 Å². The molecule has 2 aromatic heterocycles. The molecule has 6 N–H and O–H groups in total. The van der Waals surface area contributed by atoms with Crippen LogP contribution in [0.3, 0.4) is 0 Å². The third-order valence-corrected chi connectivity index (χ3v) is 3.91. The minimum Gasteiger partial charge on any atom is -0.476 e. The van der Waals surface area contributed by atoms with Crippen LogP contribution in [-0.4, -0.2) is 32.5 Å². The molecule has 0 radical (unpaired) electrons. The summed E-state index contributed by atoms with van der Waals surface area (Å²) in [6.45, 7) is 5.15. The lowest BCUT2D eigenvalue weighted by atomic mass is 10.1. The zero-order valence-electron chi connectivity index (χ0n) is 15.8. The van der Waals surface area contributed by atoms with Gasteiger partial charge < -0.3 is 26.3 Å². The fraction of sp³-hybridized carbons (Fsp3) is 0.105. The standard InChI is InChI=1S/C14H10F2N4O2.C5H10N2/c1-17-8-3-2-7(15)11(12(8)16)9-5-20-6-19-13(14(21)22)10(20)4-18-9;1-3-5(7)4(2)6/h2-6,17H,1H3,(H,21,22);3H,1,6-7H2,2H3/b;5-4-. The lowest BCUT2D eigenvalue weighted by Crippen LogP contribution is -2.03. The number of rotatable bonds is 4. The summed E-state index contributed by atoms with van der Waals surface area (Å²) in [6.07, 6.45) is 5.32. The number of nitrogens with zero attached hydrogens (tertiary/aromatic N) is 3. The Bertz CT molecular complexity index is 1100. The minimum absolute atomic E-state index is 0.0361. The number of nitrogens with one attached hydrogen (secondary N) is 1. The van der Waals surface area contributed by atoms with Gasteiger partial charge in [-0.25, -0.2) is 18.6 Å². The average Bonchev–Trinajstić information content (AvgIpc) is 3.11. The molecule has 1 aromatic carbocycles. The van der Waals surface area contributed by atoms with E-state index >= 15 is 0 Å². The van der Waals surface area contributed by atoms with Crippen molar-refractivity contribution in [2.75, 3.05) is 12.4 Å². The van der Waals surface area contributed by atoms with Crippen LogP contribution in [0.2, 0.25) is 0 Å². The molecule has 0 unspecified atom stereocenters. The molecule has 0 saturated carbocycles. The molecule has 0 fully saturated rings. The maximum atomic E-state index is 14.3. The van der Waals surface area contributed by atoms with Gasteiger partial charge in [0.15, 0.2) is 11.5 Å². The Morgan fingerprint density at radius 1 is 1.31 bits per heavy atom. The van der Waals surface area contributed by atoms with E-state index in [1.807, 2.05) is 0 Å². The molecule has 0 aliphatic carbocycles. The van der Waals surface area contributed by atoms with Gasteiger partial charge in [0.2, 0.25) is 0 Å². The van der Waals surface area contributed by atoms with Crippen molar-refractivity contribution in [3.63, 3.8) is 0 Å². The highest BCUT2D eigenvalue weighted by molar-refractivity contribution is 5.93. The van der Waals surface area contributed by atoms with E-state index in [2.05, 4.69) is 21.9 Å². The van der Waals surface area contributed by atoms with Crippen LogP contribution in [-0.2, 0) is 0 Å². The first-order valence-corrected chi connectivity index (χ1v) is 8.27. The van der Waals surface area contributed by atoms with Crippen LogP contribution in [0, 0.1) is 11.6 Å². The molecular weight excluding hydrogens is 382 g/mol. The number of carboxylic acids is 1. The van der Waals surface area contributed by atoms with Gasteiger partial charge in [-0.2, -0.15) is 0 Å². The molecule has 8 nitrogen and oxygen atoms in total. The smallest absolute Gasteiger partial charge is 0.356 e. The SMILES string of the molecule is C=C/C(N)=C(\C)N.CNc1ccc(F)c(-c2cn3cnc(C(=O)O)c3cn2)c1F. The maximum absolute atomic E-state index is 14.3. The van der Waals surface area contributed by atoms with E-state index in [0.717, 1.165) is 6.07 Å². The van der Waals surface area contributed by atoms with Gasteiger partial charge in [-0.3, -0.25) is 4.98 Å². The molecule has 29 heavy (non-hydrogen) atoms. The van der Waals surface area contributed by atoms with Crippen LogP contribution in [0.5, 0.6) is 0 Å². The fourth-order valence-corrected chi connectivity index (χ4v) is 2.33. The van der Waals surface area contributed by atoms with Gasteiger partial charge in [-0.15, -0.1) is 0 Å². The monoisotopic (exact) mass is 402 g/mol. The molecule has 0 aliphatic heterocycles. The number of aromatic carboxylic acids is 1. The fourth-order valence-electron chi connectivity index (χ4n) is 2.33. The molecule has 2 heterocycles. The number of carboxylic acid groups (broad SMARTS) is 1. The molecule has 3 rings (SSSR count). The Balaban J connectivity index is 0.000000370. The highest BCUT2D eigenvalue weighted by Gasteiger charge is 2.18. The second kappa shape index (κ2) is 8.83. The summed E-state index contributed by atoms with van der Waals surface area (Å²) >= 11 is 0. The Labute approximate surface area is 165 Å². The number of hydrogen-bond donors (Lipinski definition) is 4. The summed E-state index contributed by atoms with van der Waals surface area (Å²) in [7, 11) is 1.52. The predicted molar refractivity (Wildman–Crippen MR) is 106 cm³/mol. The molecule has 0 atom stereocenters. The van der Waals surface area contributed by atoms with E-state index in [4.69, 9.17) is 16.6 Å². The lowest BCUT2D eigenvalue weighted by Gasteiger charge is -2.09. The number of nitrogens with two attached hydrogens (primary N) is 2. The van der Waals surface area contributed by atoms with Crippen molar-refractivity contribution in [1.82, 2.24) is 14.4 Å². The molecule has 3 aromatic rings. The molecule has 0 saturated heterocycles. The highest BCUT2D eigenvalue weighted by Crippen LogP contribution is 2.29. The topological polar surface area (TPSA) is 132 Å². The molecular formula is C19H20F2N6O2. The maximum Gasteiger partial charge on any atom is 0.356 e. The van der Waals surface area contributed by atoms with Gasteiger partial charge in [0.25, 0.3) is 0 Å². The van der Waals surface area contributed by atoms with Crippen molar-refractivity contribution in [2.24, 2.45) is 11.5 Å². The normalized spacial score (nSPS) is 11.3. The minimum atomic E-state index is -1.20. The van der Waals surface area contributed by atoms with Crippen molar-refractivity contribution in [2.45, 2.75) is 6.92 Å². The third kappa shape index (κ3) is 4.49. The first-order valence-electron chi connectivity index (χ1n) is 8.27. The summed E-state index contributed by atoms with van der Waals surface area (Å²) < 4.78 is 29.6. The van der Waals surface area contributed by atoms with Gasteiger partial charge in [-0.1, -0.05) is 6.58 Å². The zero-order chi connectivity index (χ0) is 21.7. The molecule has 152 valence electrons. The third-order valence-electron chi connectivity index (χ3n) is 3.91. The van der Waals surface area contributed by atoms with Crippen molar-refractivity contribution < 1.29 is 18.7 Å². The summed E-state index contributed by atoms with van der Waals surface area (Å²) in [5, 5.41) is 11.6. The van der Waals surface area contributed by atoms with Crippen molar-refractivity contribution in [3.05, 3.63) is 72.2 Å². The van der Waals surface area contributed by atoms with Crippen LogP contribution in [0.25, 0.3) is 16.8 Å². The number of imidazole rings is 1. The van der Waals surface area contributed by atoms with E-state index < -0.39 is 17.6 Å². The number of benzene rings is 1. The Kier molecular flexibility index (Phi) is 6.50. The van der Waals surface area contributed by atoms with Crippen LogP contribution < -0.4 is 16.8 Å². The molecule has 0 spiro atoms. The van der Waals surface area contributed by atoms with Crippen LogP contribution in [0.15, 0.2) is 54.9 Å². The largest absolute Gasteiger partial charge is 0.476 e. The Morgan fingerprint density at radius 3 is 2.52 bits per heavy atom. The number of aromatic nitrogens is 3. The quantitative estimate of drug-likeness (QED) is 0.493. The number of allylic oxidation sites excluding steroid dienone is 2. The first kappa shape index (κ1) is 21.4. The second-order valence-corrected chi connectivity index (χ2v) is 5.84. The number of halogens is 2. The predicted octanol–water partition coefficient (Wildman–Crippen LogP) is 2.74. The number of fused-ring (bicyclic) bond motifs is 1. The van der Waals surface area contributed by atoms with Gasteiger partial charge in [0, 0.05) is 24.6 Å². The summed E-state index contributed by atoms with van der Waals surface area (Å²) in [6, 6.07) is 2.42. The van der Waals surface area contributed by atoms with Crippen molar-refractivity contribution in [1.29, 1.82) is 0 Å². The van der Waals surface area contributed by atoms with Gasteiger partial charge in [-0.05, 0) is 25.1 Å². The number of anilines is 1. The highest BCUT2D eigenvalue weighted by atomic mass is 19.1. The van der Waals surface area contributed by atoms with Crippen molar-refractivity contribution in [3.8, 4) is 11.3 Å². The number of carbonyl (C=O) groups is 1. The van der Waals surface area contributed by atoms with Crippen LogP contribution >= 0.6 is 0 Å². The lowest BCUT2D eigenvalue weighted by molar-refractivity contribution is 0.0693. The molecule has 0 bridgehead atoms. The van der Waals surface area contributed by atoms with E-state index in [0.29, 0.717) is 11.4 Å². The van der Waals surface area contributed by atoms with Crippen LogP contribution in [0.1, 0.15) is 17.4 Å². The summed E-state index contributed by atoms with van der Waals surface area (Å²) in [4.78, 5) is 18.7. The second-order valence-electron chi connectivity index (χ2n) is 5.84. The zero-order valence-corrected chi connectivity index (χ0v) is 15.8. The van der Waals surface area contributed by atoms with E-state index in [1.54, 1.807) is 6.92 Å². The van der Waals surface area contributed by atoms with Gasteiger partial charge in [0.1, 0.15) is 12.1 Å². The van der Waals surface area contributed by atoms with E-state index in [9.17, 15) is 13.6 Å². The molecule has 0 aliphatic rings. The molecule has 10 heteroatoms. The van der Waals surface area contributed by atoms with E-state index in [-0.39, 0.29) is 28.2 Å². The summed E-state index contributed by atoms with van der Waals surface area (Å²) in [5.74, 6) is -2.73. The average molecular weight is 402 g/mol. The molecule has 0 amide bonds. The number of hydrogen-bond acceptors (Lipinski definition) is 6. The Morgan fingerprint density at radius 2 is 2.00 bits per heavy atom. The van der Waals surface area contributed by atoms with Crippen molar-refractivity contribution >= 4 is 17.2 Å². The van der Waals surface area contributed by atoms with Gasteiger partial charge >= 0.3 is 5.97 Å². The Hall–Kier alpha value is -3.95. The van der Waals surface area contributed by atoms with E-state index in [1.165, 1.54) is 42.3 Å².